The maximum atomic E-state index is 12.2. The van der Waals surface area contributed by atoms with Crippen LogP contribution in [0.25, 0.3) is 0 Å². The number of ether oxygens (including phenoxy) is 3. The third-order valence-corrected chi connectivity index (χ3v) is 3.52. The van der Waals surface area contributed by atoms with E-state index in [4.69, 9.17) is 14.2 Å². The topological polar surface area (TPSA) is 56.8 Å². The van der Waals surface area contributed by atoms with Gasteiger partial charge in [-0.1, -0.05) is 0 Å². The normalized spacial score (nSPS) is 17.7. The average molecular weight is 293 g/mol. The Morgan fingerprint density at radius 3 is 3.00 bits per heavy atom. The summed E-state index contributed by atoms with van der Waals surface area (Å²) in [5.41, 5.74) is 1.49. The Kier molecular flexibility index (Phi) is 6.02. The van der Waals surface area contributed by atoms with Crippen molar-refractivity contribution in [2.45, 2.75) is 32.5 Å². The number of nitrogens with one attached hydrogen (secondary N) is 1. The first-order valence-corrected chi connectivity index (χ1v) is 7.39. The van der Waals surface area contributed by atoms with E-state index in [2.05, 4.69) is 5.32 Å². The summed E-state index contributed by atoms with van der Waals surface area (Å²) in [6.45, 7) is 4.35. The lowest BCUT2D eigenvalue weighted by atomic mass is 10.1. The summed E-state index contributed by atoms with van der Waals surface area (Å²) < 4.78 is 16.2. The quantitative estimate of drug-likeness (QED) is 0.837. The molecule has 1 heterocycles. The maximum absolute atomic E-state index is 12.2. The van der Waals surface area contributed by atoms with Gasteiger partial charge in [0.1, 0.15) is 5.75 Å². The highest BCUT2D eigenvalue weighted by molar-refractivity contribution is 5.94. The minimum atomic E-state index is -0.0918. The van der Waals surface area contributed by atoms with Crippen molar-refractivity contribution in [2.24, 2.45) is 0 Å². The lowest BCUT2D eigenvalue weighted by Crippen LogP contribution is -2.31. The lowest BCUT2D eigenvalue weighted by molar-refractivity contribution is 0.0857. The number of carbonyl (C=O) groups is 1. The van der Waals surface area contributed by atoms with Crippen LogP contribution in [-0.2, 0) is 16.1 Å². The molecule has 1 aliphatic heterocycles. The van der Waals surface area contributed by atoms with Gasteiger partial charge in [0.2, 0.25) is 0 Å². The molecule has 116 valence electrons. The molecule has 1 aliphatic rings. The molecule has 1 fully saturated rings. The van der Waals surface area contributed by atoms with E-state index in [0.717, 1.165) is 30.8 Å². The van der Waals surface area contributed by atoms with Gasteiger partial charge in [-0.05, 0) is 38.0 Å². The molecule has 0 bridgehead atoms. The second-order valence-corrected chi connectivity index (χ2v) is 5.01. The summed E-state index contributed by atoms with van der Waals surface area (Å²) in [5, 5.41) is 2.92. The Labute approximate surface area is 125 Å². The summed E-state index contributed by atoms with van der Waals surface area (Å²) in [6, 6.07) is 5.38. The monoisotopic (exact) mass is 293 g/mol. The van der Waals surface area contributed by atoms with Crippen molar-refractivity contribution in [3.63, 3.8) is 0 Å². The van der Waals surface area contributed by atoms with Gasteiger partial charge in [0.25, 0.3) is 5.91 Å². The fourth-order valence-corrected chi connectivity index (χ4v) is 2.36. The van der Waals surface area contributed by atoms with Crippen LogP contribution in [0.4, 0.5) is 0 Å². The molecule has 0 saturated carbocycles. The summed E-state index contributed by atoms with van der Waals surface area (Å²) >= 11 is 0. The second kappa shape index (κ2) is 8.00. The third kappa shape index (κ3) is 4.44. The van der Waals surface area contributed by atoms with Crippen LogP contribution in [0.2, 0.25) is 0 Å². The Balaban J connectivity index is 1.98. The smallest absolute Gasteiger partial charge is 0.251 e. The first kappa shape index (κ1) is 15.8. The Bertz CT molecular complexity index is 469. The van der Waals surface area contributed by atoms with Gasteiger partial charge in [-0.25, -0.2) is 0 Å². The Morgan fingerprint density at radius 1 is 1.48 bits per heavy atom. The molecule has 1 unspecified atom stereocenters. The maximum Gasteiger partial charge on any atom is 0.251 e. The Hall–Kier alpha value is -1.59. The van der Waals surface area contributed by atoms with Gasteiger partial charge in [-0.3, -0.25) is 4.79 Å². The fraction of sp³-hybridized carbons (Fsp3) is 0.562. The standard InChI is InChI=1S/C16H23NO4/c1-3-20-11-13-9-12(6-7-15(13)19-2)16(18)17-10-14-5-4-8-21-14/h6-7,9,14H,3-5,8,10-11H2,1-2H3,(H,17,18). The SMILES string of the molecule is CCOCc1cc(C(=O)NCC2CCCO2)ccc1OC. The highest BCUT2D eigenvalue weighted by atomic mass is 16.5. The van der Waals surface area contributed by atoms with Crippen molar-refractivity contribution < 1.29 is 19.0 Å². The van der Waals surface area contributed by atoms with Crippen molar-refractivity contribution in [3.05, 3.63) is 29.3 Å². The summed E-state index contributed by atoms with van der Waals surface area (Å²) in [6.07, 6.45) is 2.23. The van der Waals surface area contributed by atoms with Gasteiger partial charge in [0.15, 0.2) is 0 Å². The summed E-state index contributed by atoms with van der Waals surface area (Å²) in [4.78, 5) is 12.2. The average Bonchev–Trinajstić information content (AvgIpc) is 3.03. The van der Waals surface area contributed by atoms with Crippen LogP contribution in [0.3, 0.4) is 0 Å². The molecule has 1 aromatic carbocycles. The van der Waals surface area contributed by atoms with Crippen LogP contribution >= 0.6 is 0 Å². The van der Waals surface area contributed by atoms with Crippen molar-refractivity contribution >= 4 is 5.91 Å². The number of rotatable bonds is 7. The fourth-order valence-electron chi connectivity index (χ4n) is 2.36. The van der Waals surface area contributed by atoms with Crippen molar-refractivity contribution in [3.8, 4) is 5.75 Å². The molecule has 0 radical (unpaired) electrons. The molecule has 1 atom stereocenters. The molecule has 5 nitrogen and oxygen atoms in total. The second-order valence-electron chi connectivity index (χ2n) is 5.01. The van der Waals surface area contributed by atoms with Crippen LogP contribution in [0, 0.1) is 0 Å². The van der Waals surface area contributed by atoms with Crippen LogP contribution in [0.15, 0.2) is 18.2 Å². The first-order chi connectivity index (χ1) is 10.2. The molecule has 5 heteroatoms. The predicted octanol–water partition coefficient (Wildman–Crippen LogP) is 2.14. The minimum absolute atomic E-state index is 0.0918. The van der Waals surface area contributed by atoms with E-state index < -0.39 is 0 Å². The summed E-state index contributed by atoms with van der Waals surface area (Å²) in [5.74, 6) is 0.644. The lowest BCUT2D eigenvalue weighted by Gasteiger charge is -2.13. The Morgan fingerprint density at radius 2 is 2.33 bits per heavy atom. The molecular formula is C16H23NO4. The van der Waals surface area contributed by atoms with E-state index in [1.54, 1.807) is 19.2 Å². The van der Waals surface area contributed by atoms with Gasteiger partial charge in [-0.2, -0.15) is 0 Å². The molecule has 1 N–H and O–H groups in total. The van der Waals surface area contributed by atoms with Crippen LogP contribution < -0.4 is 10.1 Å². The van der Waals surface area contributed by atoms with Gasteiger partial charge in [0.05, 0.1) is 19.8 Å². The van der Waals surface area contributed by atoms with Crippen molar-refractivity contribution in [1.82, 2.24) is 5.32 Å². The number of amides is 1. The zero-order valence-corrected chi connectivity index (χ0v) is 12.7. The van der Waals surface area contributed by atoms with Crippen molar-refractivity contribution in [2.75, 3.05) is 26.9 Å². The molecule has 1 amide bonds. The molecule has 1 saturated heterocycles. The van der Waals surface area contributed by atoms with Crippen LogP contribution in [-0.4, -0.2) is 38.9 Å². The van der Waals surface area contributed by atoms with E-state index in [1.165, 1.54) is 0 Å². The van der Waals surface area contributed by atoms with E-state index in [-0.39, 0.29) is 12.0 Å². The molecule has 0 spiro atoms. The molecular weight excluding hydrogens is 270 g/mol. The van der Waals surface area contributed by atoms with Gasteiger partial charge in [0, 0.05) is 30.9 Å². The molecule has 21 heavy (non-hydrogen) atoms. The van der Waals surface area contributed by atoms with E-state index in [0.29, 0.717) is 25.3 Å². The highest BCUT2D eigenvalue weighted by Gasteiger charge is 2.17. The van der Waals surface area contributed by atoms with Gasteiger partial charge >= 0.3 is 0 Å². The molecule has 0 aromatic heterocycles. The number of carbonyl (C=O) groups excluding carboxylic acids is 1. The highest BCUT2D eigenvalue weighted by Crippen LogP contribution is 2.21. The van der Waals surface area contributed by atoms with Crippen LogP contribution in [0.5, 0.6) is 5.75 Å². The zero-order chi connectivity index (χ0) is 15.1. The molecule has 2 rings (SSSR count). The minimum Gasteiger partial charge on any atom is -0.496 e. The van der Waals surface area contributed by atoms with E-state index >= 15 is 0 Å². The van der Waals surface area contributed by atoms with Gasteiger partial charge < -0.3 is 19.5 Å². The third-order valence-electron chi connectivity index (χ3n) is 3.52. The van der Waals surface area contributed by atoms with E-state index in [9.17, 15) is 4.79 Å². The molecule has 1 aromatic rings. The number of hydrogen-bond acceptors (Lipinski definition) is 4. The molecule has 0 aliphatic carbocycles. The van der Waals surface area contributed by atoms with Crippen LogP contribution in [0.1, 0.15) is 35.7 Å². The number of methoxy groups -OCH3 is 1. The first-order valence-electron chi connectivity index (χ1n) is 7.39. The largest absolute Gasteiger partial charge is 0.496 e. The van der Waals surface area contributed by atoms with Gasteiger partial charge in [-0.15, -0.1) is 0 Å². The van der Waals surface area contributed by atoms with E-state index in [1.807, 2.05) is 13.0 Å². The number of benzene rings is 1. The predicted molar refractivity (Wildman–Crippen MR) is 79.6 cm³/mol. The number of hydrogen-bond donors (Lipinski definition) is 1. The van der Waals surface area contributed by atoms with Crippen molar-refractivity contribution in [1.29, 1.82) is 0 Å². The zero-order valence-electron chi connectivity index (χ0n) is 12.7. The summed E-state index contributed by atoms with van der Waals surface area (Å²) in [7, 11) is 1.61.